The number of hydrogen-bond donors (Lipinski definition) is 1. The minimum absolute atomic E-state index is 0.619. The van der Waals surface area contributed by atoms with Crippen molar-refractivity contribution in [2.45, 2.75) is 10.6 Å². The van der Waals surface area contributed by atoms with E-state index in [2.05, 4.69) is 117 Å². The Kier molecular flexibility index (Phi) is 5.17. The van der Waals surface area contributed by atoms with Crippen molar-refractivity contribution in [3.05, 3.63) is 109 Å². The van der Waals surface area contributed by atoms with Crippen molar-refractivity contribution in [1.82, 2.24) is 9.55 Å². The van der Waals surface area contributed by atoms with Crippen LogP contribution in [0.25, 0.3) is 49.4 Å². The molecule has 6 rings (SSSR count). The number of imidazole rings is 1. The monoisotopic (exact) mass is 462 g/mol. The zero-order valence-electron chi connectivity index (χ0n) is 21.2. The van der Waals surface area contributed by atoms with E-state index in [1.807, 2.05) is 21.8 Å². The minimum Gasteiger partial charge on any atom is -0.408 e. The average Bonchev–Trinajstić information content (AvgIpc) is 3.27. The van der Waals surface area contributed by atoms with E-state index in [9.17, 15) is 5.11 Å². The van der Waals surface area contributed by atoms with Crippen molar-refractivity contribution in [3.63, 3.8) is 0 Å². The second-order valence-corrected chi connectivity index (χ2v) is 10.6. The smallest absolute Gasteiger partial charge is 0.131 e. The predicted molar refractivity (Wildman–Crippen MR) is 162 cm³/mol. The van der Waals surface area contributed by atoms with E-state index in [4.69, 9.17) is 4.98 Å². The molecule has 0 saturated heterocycles. The van der Waals surface area contributed by atoms with Crippen LogP contribution < -0.4 is 0 Å². The predicted octanol–water partition coefficient (Wildman–Crippen LogP) is 2.33. The van der Waals surface area contributed by atoms with Crippen molar-refractivity contribution in [2.75, 3.05) is 0 Å². The first kappa shape index (κ1) is 22.8. The third-order valence-electron chi connectivity index (χ3n) is 7.84. The fraction of sp³-hybridized carbons (Fsp3) is 0.0690. The Morgan fingerprint density at radius 3 is 1.69 bits per heavy atom. The van der Waals surface area contributed by atoms with Gasteiger partial charge in [-0.3, -0.25) is 4.57 Å². The summed E-state index contributed by atoms with van der Waals surface area (Å²) in [5.74, 6) is 0.846. The molecule has 0 fully saturated rings. The maximum absolute atomic E-state index is 11.3. The molecule has 0 aliphatic carbocycles. The summed E-state index contributed by atoms with van der Waals surface area (Å²) in [4.78, 5) is 5.12. The number of rotatable bonds is 4. The average molecular weight is 462 g/mol. The molecule has 0 aliphatic heterocycles. The van der Waals surface area contributed by atoms with Gasteiger partial charge in [0, 0.05) is 10.8 Å². The Hall–Kier alpha value is -3.69. The summed E-state index contributed by atoms with van der Waals surface area (Å²) in [6.07, 6.45) is 0. The third kappa shape index (κ3) is 3.34. The van der Waals surface area contributed by atoms with Crippen LogP contribution in [0.4, 0.5) is 0 Å². The summed E-state index contributed by atoms with van der Waals surface area (Å²) >= 11 is 0. The van der Waals surface area contributed by atoms with Crippen LogP contribution in [0, 0.1) is 0 Å². The highest BCUT2D eigenvalue weighted by Crippen LogP contribution is 2.43. The van der Waals surface area contributed by atoms with Gasteiger partial charge in [-0.25, -0.2) is 4.98 Å². The standard InChI is InChI=1S/C29H26B4N2O/c30-28(31,29(32,33)36)27-34-23-16-8-9-17-24(23)35(27)26-21-14-6-4-12-19(21)25(18-10-2-1-3-11-18)20-13-5-7-15-22(20)26/h1-17,36H,30-33H2. The van der Waals surface area contributed by atoms with Crippen molar-refractivity contribution in [3.8, 4) is 16.8 Å². The molecule has 3 nitrogen and oxygen atoms in total. The fourth-order valence-electron chi connectivity index (χ4n) is 5.21. The lowest BCUT2D eigenvalue weighted by atomic mass is 9.35. The Morgan fingerprint density at radius 1 is 0.611 bits per heavy atom. The number of para-hydroxylation sites is 2. The van der Waals surface area contributed by atoms with Crippen LogP contribution in [0.3, 0.4) is 0 Å². The van der Waals surface area contributed by atoms with E-state index in [0.29, 0.717) is 0 Å². The zero-order chi connectivity index (χ0) is 25.1. The SMILES string of the molecule is BC(B)(O)C(B)(B)c1nc2ccccc2n1-c1c2ccccc2c(-c2ccccc2)c2ccccc12. The molecule has 0 amide bonds. The van der Waals surface area contributed by atoms with Gasteiger partial charge in [-0.2, -0.15) is 0 Å². The molecule has 0 atom stereocenters. The van der Waals surface area contributed by atoms with E-state index < -0.39 is 10.6 Å². The second-order valence-electron chi connectivity index (χ2n) is 10.6. The minimum atomic E-state index is -0.984. The van der Waals surface area contributed by atoms with E-state index in [0.717, 1.165) is 33.3 Å². The molecule has 170 valence electrons. The number of aliphatic hydroxyl groups is 1. The van der Waals surface area contributed by atoms with Gasteiger partial charge in [0.15, 0.2) is 0 Å². The molecular weight excluding hydrogens is 436 g/mol. The maximum Gasteiger partial charge on any atom is 0.131 e. The lowest BCUT2D eigenvalue weighted by molar-refractivity contribution is 0.189. The van der Waals surface area contributed by atoms with Crippen LogP contribution in [0.2, 0.25) is 0 Å². The summed E-state index contributed by atoms with van der Waals surface area (Å²) in [7, 11) is 7.89. The second kappa shape index (κ2) is 8.18. The van der Waals surface area contributed by atoms with Gasteiger partial charge in [0.2, 0.25) is 0 Å². The van der Waals surface area contributed by atoms with Crippen molar-refractivity contribution >= 4 is 64.0 Å². The quantitative estimate of drug-likeness (QED) is 0.323. The van der Waals surface area contributed by atoms with Crippen molar-refractivity contribution < 1.29 is 5.11 Å². The summed E-state index contributed by atoms with van der Waals surface area (Å²) in [6.45, 7) is 0. The molecule has 0 bridgehead atoms. The maximum atomic E-state index is 11.3. The first-order chi connectivity index (χ1) is 17.3. The summed E-state index contributed by atoms with van der Waals surface area (Å²) in [5.41, 5.74) is 5.49. The molecule has 1 heterocycles. The van der Waals surface area contributed by atoms with Crippen molar-refractivity contribution in [2.24, 2.45) is 0 Å². The van der Waals surface area contributed by atoms with E-state index in [1.165, 1.54) is 21.9 Å². The van der Waals surface area contributed by atoms with Crippen LogP contribution in [-0.2, 0) is 5.21 Å². The van der Waals surface area contributed by atoms with Gasteiger partial charge in [-0.1, -0.05) is 91.0 Å². The van der Waals surface area contributed by atoms with Crippen LogP contribution >= 0.6 is 0 Å². The molecule has 6 aromatic rings. The first-order valence-corrected chi connectivity index (χ1v) is 12.5. The van der Waals surface area contributed by atoms with Crippen LogP contribution in [0.5, 0.6) is 0 Å². The molecule has 0 saturated carbocycles. The van der Waals surface area contributed by atoms with Crippen LogP contribution in [0.15, 0.2) is 103 Å². The molecule has 0 radical (unpaired) electrons. The van der Waals surface area contributed by atoms with E-state index in [-0.39, 0.29) is 0 Å². The number of fused-ring (bicyclic) bond motifs is 3. The van der Waals surface area contributed by atoms with E-state index >= 15 is 0 Å². The van der Waals surface area contributed by atoms with Gasteiger partial charge < -0.3 is 5.11 Å². The third-order valence-corrected chi connectivity index (χ3v) is 7.84. The molecule has 7 heteroatoms. The topological polar surface area (TPSA) is 38.1 Å². The van der Waals surface area contributed by atoms with Crippen molar-refractivity contribution in [1.29, 1.82) is 0 Å². The Morgan fingerprint density at radius 2 is 1.11 bits per heavy atom. The molecule has 36 heavy (non-hydrogen) atoms. The summed E-state index contributed by atoms with van der Waals surface area (Å²) in [6, 6.07) is 36.2. The Labute approximate surface area is 214 Å². The Balaban J connectivity index is 1.85. The molecule has 0 spiro atoms. The van der Waals surface area contributed by atoms with Gasteiger partial charge in [-0.05, 0) is 44.6 Å². The molecule has 1 aromatic heterocycles. The van der Waals surface area contributed by atoms with Gasteiger partial charge in [0.05, 0.1) is 16.7 Å². The number of aromatic nitrogens is 2. The summed E-state index contributed by atoms with van der Waals surface area (Å²) in [5, 5.41) is 14.4. The largest absolute Gasteiger partial charge is 0.408 e. The lowest BCUT2D eigenvalue weighted by Crippen LogP contribution is -2.55. The van der Waals surface area contributed by atoms with E-state index in [1.54, 1.807) is 0 Å². The number of nitrogens with zero attached hydrogens (tertiary/aromatic N) is 2. The fourth-order valence-corrected chi connectivity index (χ4v) is 5.21. The van der Waals surface area contributed by atoms with Crippen LogP contribution in [-0.4, -0.2) is 51.4 Å². The Bertz CT molecular complexity index is 1700. The zero-order valence-corrected chi connectivity index (χ0v) is 21.2. The molecule has 0 unspecified atom stereocenters. The highest BCUT2D eigenvalue weighted by molar-refractivity contribution is 6.53. The van der Waals surface area contributed by atoms with Gasteiger partial charge in [-0.15, -0.1) is 0 Å². The molecule has 5 aromatic carbocycles. The molecule has 0 aliphatic rings. The highest BCUT2D eigenvalue weighted by Gasteiger charge is 2.40. The first-order valence-electron chi connectivity index (χ1n) is 12.5. The summed E-state index contributed by atoms with van der Waals surface area (Å²) < 4.78 is 2.28. The normalized spacial score (nSPS) is 12.5. The van der Waals surface area contributed by atoms with Gasteiger partial charge >= 0.3 is 0 Å². The highest BCUT2D eigenvalue weighted by atomic mass is 16.3. The number of benzene rings is 5. The lowest BCUT2D eigenvalue weighted by Gasteiger charge is -2.38. The molecular formula is C29H26B4N2O. The van der Waals surface area contributed by atoms with Crippen LogP contribution in [0.1, 0.15) is 5.82 Å². The van der Waals surface area contributed by atoms with Gasteiger partial charge in [0.25, 0.3) is 0 Å². The van der Waals surface area contributed by atoms with Gasteiger partial charge in [0.1, 0.15) is 37.2 Å². The molecule has 1 N–H and O–H groups in total. The number of hydrogen-bond acceptors (Lipinski definition) is 2.